The zero-order chi connectivity index (χ0) is 13.1. The minimum Gasteiger partial charge on any atom is -0.481 e. The van der Waals surface area contributed by atoms with Crippen LogP contribution >= 0.6 is 0 Å². The Bertz CT molecular complexity index is 255. The molecule has 0 spiro atoms. The summed E-state index contributed by atoms with van der Waals surface area (Å²) in [5.74, 6) is -0.707. The monoisotopic (exact) mass is 243 g/mol. The van der Waals surface area contributed by atoms with E-state index in [0.29, 0.717) is 0 Å². The molecule has 1 fully saturated rings. The van der Waals surface area contributed by atoms with Gasteiger partial charge in [0.1, 0.15) is 0 Å². The van der Waals surface area contributed by atoms with E-state index < -0.39 is 11.4 Å². The van der Waals surface area contributed by atoms with Gasteiger partial charge in [-0.1, -0.05) is 0 Å². The van der Waals surface area contributed by atoms with Crippen LogP contribution in [0.2, 0.25) is 0 Å². The van der Waals surface area contributed by atoms with Crippen LogP contribution in [-0.2, 0) is 9.53 Å². The van der Waals surface area contributed by atoms with Crippen LogP contribution in [0.1, 0.15) is 40.5 Å². The molecular formula is C13H25NO3. The lowest BCUT2D eigenvalue weighted by molar-refractivity contribution is -0.147. The molecule has 0 unspecified atom stereocenters. The van der Waals surface area contributed by atoms with Crippen molar-refractivity contribution in [3.8, 4) is 0 Å². The first-order valence-corrected chi connectivity index (χ1v) is 6.42. The van der Waals surface area contributed by atoms with Crippen LogP contribution in [0.15, 0.2) is 0 Å². The van der Waals surface area contributed by atoms with Crippen molar-refractivity contribution in [2.24, 2.45) is 5.41 Å². The number of ether oxygens (including phenoxy) is 1. The van der Waals surface area contributed by atoms with E-state index in [0.717, 1.165) is 32.5 Å². The number of aliphatic carboxylic acids is 1. The lowest BCUT2D eigenvalue weighted by Crippen LogP contribution is -2.45. The third-order valence-corrected chi connectivity index (χ3v) is 3.35. The molecule has 1 saturated heterocycles. The molecule has 1 rings (SSSR count). The van der Waals surface area contributed by atoms with Crippen LogP contribution in [0.5, 0.6) is 0 Å². The zero-order valence-corrected chi connectivity index (χ0v) is 11.4. The van der Waals surface area contributed by atoms with Crippen molar-refractivity contribution in [1.82, 2.24) is 4.90 Å². The molecule has 0 aliphatic carbocycles. The Hall–Kier alpha value is -0.610. The predicted molar refractivity (Wildman–Crippen MR) is 67.1 cm³/mol. The summed E-state index contributed by atoms with van der Waals surface area (Å²) in [6, 6.07) is 0. The molecule has 0 saturated carbocycles. The van der Waals surface area contributed by atoms with E-state index >= 15 is 0 Å². The first-order chi connectivity index (χ1) is 7.81. The smallest absolute Gasteiger partial charge is 0.309 e. The molecule has 1 aliphatic rings. The maximum Gasteiger partial charge on any atom is 0.309 e. The van der Waals surface area contributed by atoms with Gasteiger partial charge in [-0.25, -0.2) is 0 Å². The molecule has 0 amide bonds. The van der Waals surface area contributed by atoms with Crippen LogP contribution < -0.4 is 0 Å². The van der Waals surface area contributed by atoms with Crippen molar-refractivity contribution < 1.29 is 14.6 Å². The van der Waals surface area contributed by atoms with Crippen molar-refractivity contribution in [3.05, 3.63) is 0 Å². The Balaban J connectivity index is 2.29. The molecule has 17 heavy (non-hydrogen) atoms. The number of nitrogens with zero attached hydrogens (tertiary/aromatic N) is 1. The van der Waals surface area contributed by atoms with Crippen LogP contribution in [0, 0.1) is 5.41 Å². The lowest BCUT2D eigenvalue weighted by Gasteiger charge is -2.35. The fourth-order valence-electron chi connectivity index (χ4n) is 2.32. The van der Waals surface area contributed by atoms with Gasteiger partial charge in [0, 0.05) is 13.1 Å². The fourth-order valence-corrected chi connectivity index (χ4v) is 2.32. The second-order valence-electron chi connectivity index (χ2n) is 5.81. The van der Waals surface area contributed by atoms with E-state index in [1.54, 1.807) is 13.8 Å². The van der Waals surface area contributed by atoms with Gasteiger partial charge in [-0.3, -0.25) is 9.69 Å². The van der Waals surface area contributed by atoms with E-state index in [-0.39, 0.29) is 12.2 Å². The van der Waals surface area contributed by atoms with E-state index in [4.69, 9.17) is 9.84 Å². The second kappa shape index (κ2) is 5.83. The Labute approximate surface area is 104 Å². The minimum atomic E-state index is -0.707. The van der Waals surface area contributed by atoms with Gasteiger partial charge in [-0.15, -0.1) is 0 Å². The number of carbonyl (C=O) groups is 1. The highest BCUT2D eigenvalue weighted by molar-refractivity contribution is 5.73. The van der Waals surface area contributed by atoms with Gasteiger partial charge in [0.25, 0.3) is 0 Å². The average molecular weight is 243 g/mol. The maximum atomic E-state index is 11.0. The summed E-state index contributed by atoms with van der Waals surface area (Å²) in [6.45, 7) is 10.6. The van der Waals surface area contributed by atoms with Gasteiger partial charge in [-0.05, 0) is 47.1 Å². The highest BCUT2D eigenvalue weighted by Crippen LogP contribution is 2.23. The summed E-state index contributed by atoms with van der Waals surface area (Å²) in [4.78, 5) is 13.3. The molecule has 1 N–H and O–H groups in total. The van der Waals surface area contributed by atoms with E-state index in [9.17, 15) is 4.79 Å². The number of carboxylic acids is 1. The number of hydrogen-bond acceptors (Lipinski definition) is 3. The van der Waals surface area contributed by atoms with Gasteiger partial charge in [0.2, 0.25) is 0 Å². The molecule has 2 atom stereocenters. The van der Waals surface area contributed by atoms with E-state index in [1.165, 1.54) is 0 Å². The second-order valence-corrected chi connectivity index (χ2v) is 5.81. The standard InChI is InChI=1S/C13H25NO3/c1-10-8-14(9-11(2)17-10)7-5-6-13(3,4)12(15)16/h10-11H,5-9H2,1-4H3,(H,15,16)/t10-,11+. The van der Waals surface area contributed by atoms with Crippen LogP contribution in [0.25, 0.3) is 0 Å². The number of hydrogen-bond donors (Lipinski definition) is 1. The molecule has 4 nitrogen and oxygen atoms in total. The zero-order valence-electron chi connectivity index (χ0n) is 11.4. The summed E-state index contributed by atoms with van der Waals surface area (Å²) < 4.78 is 5.67. The molecule has 1 aliphatic heterocycles. The lowest BCUT2D eigenvalue weighted by atomic mass is 9.88. The molecule has 0 aromatic rings. The molecule has 0 aromatic carbocycles. The van der Waals surface area contributed by atoms with Crippen molar-refractivity contribution >= 4 is 5.97 Å². The van der Waals surface area contributed by atoms with Crippen molar-refractivity contribution in [2.45, 2.75) is 52.7 Å². The predicted octanol–water partition coefficient (Wildman–Crippen LogP) is 1.99. The average Bonchev–Trinajstić information content (AvgIpc) is 2.15. The topological polar surface area (TPSA) is 49.8 Å². The highest BCUT2D eigenvalue weighted by atomic mass is 16.5. The third-order valence-electron chi connectivity index (χ3n) is 3.35. The summed E-state index contributed by atoms with van der Waals surface area (Å²) in [7, 11) is 0. The first kappa shape index (κ1) is 14.5. The molecule has 100 valence electrons. The van der Waals surface area contributed by atoms with Gasteiger partial charge >= 0.3 is 5.97 Å². The molecule has 0 radical (unpaired) electrons. The van der Waals surface area contributed by atoms with Gasteiger partial charge in [-0.2, -0.15) is 0 Å². The van der Waals surface area contributed by atoms with Gasteiger partial charge in [0.05, 0.1) is 17.6 Å². The highest BCUT2D eigenvalue weighted by Gasteiger charge is 2.27. The molecule has 4 heteroatoms. The number of morpholine rings is 1. The third kappa shape index (κ3) is 4.64. The Morgan fingerprint density at radius 1 is 1.35 bits per heavy atom. The van der Waals surface area contributed by atoms with E-state index in [1.807, 2.05) is 0 Å². The quantitative estimate of drug-likeness (QED) is 0.802. The Morgan fingerprint density at radius 2 is 1.88 bits per heavy atom. The normalized spacial score (nSPS) is 27.1. The summed E-state index contributed by atoms with van der Waals surface area (Å²) >= 11 is 0. The van der Waals surface area contributed by atoms with Crippen molar-refractivity contribution in [3.63, 3.8) is 0 Å². The first-order valence-electron chi connectivity index (χ1n) is 6.42. The molecule has 0 aromatic heterocycles. The number of carboxylic acid groups (broad SMARTS) is 1. The SMILES string of the molecule is C[C@@H]1CN(CCCC(C)(C)C(=O)O)C[C@H](C)O1. The molecule has 1 heterocycles. The summed E-state index contributed by atoms with van der Waals surface area (Å²) in [5, 5.41) is 9.03. The number of rotatable bonds is 5. The largest absolute Gasteiger partial charge is 0.481 e. The van der Waals surface area contributed by atoms with Crippen molar-refractivity contribution in [2.75, 3.05) is 19.6 Å². The molecule has 0 bridgehead atoms. The van der Waals surface area contributed by atoms with Crippen LogP contribution in [0.3, 0.4) is 0 Å². The van der Waals surface area contributed by atoms with Gasteiger partial charge in [0.15, 0.2) is 0 Å². The maximum absolute atomic E-state index is 11.0. The van der Waals surface area contributed by atoms with Gasteiger partial charge < -0.3 is 9.84 Å². The summed E-state index contributed by atoms with van der Waals surface area (Å²) in [5.41, 5.74) is -0.608. The molecular weight excluding hydrogens is 218 g/mol. The minimum absolute atomic E-state index is 0.284. The van der Waals surface area contributed by atoms with Crippen LogP contribution in [-0.4, -0.2) is 47.8 Å². The Kier molecular flexibility index (Phi) is 4.95. The Morgan fingerprint density at radius 3 is 2.35 bits per heavy atom. The van der Waals surface area contributed by atoms with E-state index in [2.05, 4.69) is 18.7 Å². The van der Waals surface area contributed by atoms with Crippen LogP contribution in [0.4, 0.5) is 0 Å². The fraction of sp³-hybridized carbons (Fsp3) is 0.923. The summed E-state index contributed by atoms with van der Waals surface area (Å²) in [6.07, 6.45) is 2.22. The van der Waals surface area contributed by atoms with Crippen molar-refractivity contribution in [1.29, 1.82) is 0 Å².